The fourth-order valence-corrected chi connectivity index (χ4v) is 9.13. The van der Waals surface area contributed by atoms with Gasteiger partial charge in [0.2, 0.25) is 5.95 Å². The van der Waals surface area contributed by atoms with Gasteiger partial charge in [0.1, 0.15) is 0 Å². The number of para-hydroxylation sites is 2. The molecule has 0 aliphatic rings. The van der Waals surface area contributed by atoms with Crippen molar-refractivity contribution >= 4 is 65.3 Å². The number of aromatic nitrogens is 4. The lowest BCUT2D eigenvalue weighted by atomic mass is 10.00. The van der Waals surface area contributed by atoms with Gasteiger partial charge in [-0.15, -0.1) is 0 Å². The topological polar surface area (TPSA) is 35.6 Å². The Bertz CT molecular complexity index is 3560. The van der Waals surface area contributed by atoms with Crippen LogP contribution in [0.3, 0.4) is 0 Å². The molecule has 0 atom stereocenters. The molecule has 58 heavy (non-hydrogen) atoms. The van der Waals surface area contributed by atoms with E-state index in [-0.39, 0.29) is 0 Å². The molecule has 0 aliphatic carbocycles. The molecule has 12 rings (SSSR count). The van der Waals surface area contributed by atoms with Crippen LogP contribution in [0.5, 0.6) is 0 Å². The van der Waals surface area contributed by atoms with Gasteiger partial charge in [-0.25, -0.2) is 9.97 Å². The van der Waals surface area contributed by atoms with Crippen LogP contribution in [0.1, 0.15) is 0 Å². The molecule has 0 unspecified atom stereocenters. The van der Waals surface area contributed by atoms with Crippen molar-refractivity contribution in [3.63, 3.8) is 0 Å². The second-order valence-electron chi connectivity index (χ2n) is 15.0. The lowest BCUT2D eigenvalue weighted by Gasteiger charge is -2.13. The zero-order valence-corrected chi connectivity index (χ0v) is 31.4. The zero-order valence-electron chi connectivity index (χ0n) is 31.4. The van der Waals surface area contributed by atoms with Crippen LogP contribution >= 0.6 is 0 Å². The minimum atomic E-state index is 0.647. The average Bonchev–Trinajstić information content (AvgIpc) is 3.82. The van der Waals surface area contributed by atoms with Gasteiger partial charge in [0.25, 0.3) is 0 Å². The van der Waals surface area contributed by atoms with Crippen molar-refractivity contribution in [3.05, 3.63) is 206 Å². The molecule has 0 aliphatic heterocycles. The van der Waals surface area contributed by atoms with Crippen molar-refractivity contribution in [2.24, 2.45) is 0 Å². The molecule has 270 valence electrons. The monoisotopic (exact) mass is 738 g/mol. The summed E-state index contributed by atoms with van der Waals surface area (Å²) in [7, 11) is 0. The van der Waals surface area contributed by atoms with Gasteiger partial charge in [-0.1, -0.05) is 164 Å². The highest BCUT2D eigenvalue weighted by atomic mass is 15.2. The van der Waals surface area contributed by atoms with Crippen molar-refractivity contribution in [2.75, 3.05) is 0 Å². The predicted octanol–water partition coefficient (Wildman–Crippen LogP) is 14.0. The van der Waals surface area contributed by atoms with Gasteiger partial charge >= 0.3 is 0 Å². The smallest absolute Gasteiger partial charge is 0.235 e. The Kier molecular flexibility index (Phi) is 7.20. The molecule has 4 nitrogen and oxygen atoms in total. The second kappa shape index (κ2) is 12.9. The SMILES string of the molecule is c1ccc(-c2cccc(-c3nc(-n4c5ccccc5c5c6c7ccc8ccccc8c7n(-c7cccc(-c8ccccc8)c7)c6ccc54)nc4ccccc34)c2)cc1. The van der Waals surface area contributed by atoms with Gasteiger partial charge in [0.05, 0.1) is 33.3 Å². The summed E-state index contributed by atoms with van der Waals surface area (Å²) in [5.74, 6) is 0.647. The van der Waals surface area contributed by atoms with Crippen molar-refractivity contribution in [1.82, 2.24) is 19.1 Å². The van der Waals surface area contributed by atoms with E-state index >= 15 is 0 Å². The predicted molar refractivity (Wildman–Crippen MR) is 242 cm³/mol. The number of hydrogen-bond acceptors (Lipinski definition) is 2. The van der Waals surface area contributed by atoms with Crippen molar-refractivity contribution in [1.29, 1.82) is 0 Å². The van der Waals surface area contributed by atoms with Crippen LogP contribution in [0.25, 0.3) is 110 Å². The number of fused-ring (bicyclic) bond motifs is 10. The van der Waals surface area contributed by atoms with E-state index in [1.165, 1.54) is 49.1 Å². The van der Waals surface area contributed by atoms with Crippen molar-refractivity contribution < 1.29 is 0 Å². The van der Waals surface area contributed by atoms with Crippen LogP contribution in [0.15, 0.2) is 206 Å². The van der Waals surface area contributed by atoms with E-state index in [2.05, 4.69) is 215 Å². The maximum absolute atomic E-state index is 5.47. The Morgan fingerprint density at radius 1 is 0.328 bits per heavy atom. The molecule has 0 saturated carbocycles. The second-order valence-corrected chi connectivity index (χ2v) is 15.0. The van der Waals surface area contributed by atoms with Gasteiger partial charge in [0.15, 0.2) is 0 Å². The van der Waals surface area contributed by atoms with Crippen LogP contribution < -0.4 is 0 Å². The normalized spacial score (nSPS) is 11.8. The lowest BCUT2D eigenvalue weighted by Crippen LogP contribution is -2.03. The molecule has 3 heterocycles. The molecule has 4 heteroatoms. The largest absolute Gasteiger partial charge is 0.309 e. The van der Waals surface area contributed by atoms with Crippen LogP contribution in [-0.4, -0.2) is 19.1 Å². The van der Waals surface area contributed by atoms with E-state index in [1.807, 2.05) is 0 Å². The Morgan fingerprint density at radius 3 is 1.71 bits per heavy atom. The van der Waals surface area contributed by atoms with E-state index in [1.54, 1.807) is 0 Å². The third-order valence-electron chi connectivity index (χ3n) is 11.7. The molecule has 12 aromatic rings. The van der Waals surface area contributed by atoms with E-state index in [9.17, 15) is 0 Å². The van der Waals surface area contributed by atoms with Crippen LogP contribution in [0.4, 0.5) is 0 Å². The average molecular weight is 739 g/mol. The standard InChI is InChI=1S/C54H34N4/c1-3-15-35(16-4-1)38-20-13-22-40(33-38)52-43-25-9-11-27-46(43)55-54(56-52)58-47-28-12-10-26-44(47)50-49(58)32-31-48-51(50)45-30-29-37-19-7-8-24-42(37)53(45)57(48)41-23-14-21-39(34-41)36-17-5-2-6-18-36/h1-34H. The molecule has 0 N–H and O–H groups in total. The Morgan fingerprint density at radius 2 is 0.914 bits per heavy atom. The Balaban J connectivity index is 1.16. The maximum Gasteiger partial charge on any atom is 0.235 e. The molecule has 0 bridgehead atoms. The maximum atomic E-state index is 5.47. The lowest BCUT2D eigenvalue weighted by molar-refractivity contribution is 1.01. The minimum Gasteiger partial charge on any atom is -0.309 e. The summed E-state index contributed by atoms with van der Waals surface area (Å²) in [4.78, 5) is 10.8. The first-order valence-electron chi connectivity index (χ1n) is 19.8. The number of benzene rings is 9. The number of rotatable bonds is 5. The van der Waals surface area contributed by atoms with Gasteiger partial charge in [-0.2, -0.15) is 0 Å². The summed E-state index contributed by atoms with van der Waals surface area (Å²) in [6.07, 6.45) is 0. The molecule has 0 fully saturated rings. The first-order valence-corrected chi connectivity index (χ1v) is 19.8. The highest BCUT2D eigenvalue weighted by molar-refractivity contribution is 6.31. The first kappa shape index (κ1) is 32.4. The Hall–Kier alpha value is -7.82. The van der Waals surface area contributed by atoms with Gasteiger partial charge < -0.3 is 4.57 Å². The molecule has 9 aromatic carbocycles. The van der Waals surface area contributed by atoms with Gasteiger partial charge in [-0.05, 0) is 70.1 Å². The molecule has 0 spiro atoms. The van der Waals surface area contributed by atoms with E-state index in [4.69, 9.17) is 9.97 Å². The third-order valence-corrected chi connectivity index (χ3v) is 11.7. The molecular weight excluding hydrogens is 705 g/mol. The minimum absolute atomic E-state index is 0.647. The third kappa shape index (κ3) is 4.95. The van der Waals surface area contributed by atoms with Crippen LogP contribution in [-0.2, 0) is 0 Å². The van der Waals surface area contributed by atoms with Crippen LogP contribution in [0, 0.1) is 0 Å². The molecule has 0 saturated heterocycles. The summed E-state index contributed by atoms with van der Waals surface area (Å²) in [5, 5.41) is 8.24. The molecular formula is C54H34N4. The summed E-state index contributed by atoms with van der Waals surface area (Å²) < 4.78 is 4.73. The van der Waals surface area contributed by atoms with Crippen LogP contribution in [0.2, 0.25) is 0 Å². The molecule has 3 aromatic heterocycles. The van der Waals surface area contributed by atoms with E-state index in [0.717, 1.165) is 55.3 Å². The van der Waals surface area contributed by atoms with Crippen molar-refractivity contribution in [2.45, 2.75) is 0 Å². The molecule has 0 amide bonds. The zero-order chi connectivity index (χ0) is 38.2. The highest BCUT2D eigenvalue weighted by Gasteiger charge is 2.23. The fourth-order valence-electron chi connectivity index (χ4n) is 9.13. The van der Waals surface area contributed by atoms with Gasteiger partial charge in [0, 0.05) is 43.6 Å². The van der Waals surface area contributed by atoms with E-state index < -0.39 is 0 Å². The first-order chi connectivity index (χ1) is 28.8. The Labute approximate surface area is 334 Å². The highest BCUT2D eigenvalue weighted by Crippen LogP contribution is 2.44. The fraction of sp³-hybridized carbons (Fsp3) is 0. The summed E-state index contributed by atoms with van der Waals surface area (Å²) in [6, 6.07) is 73.7. The molecule has 0 radical (unpaired) electrons. The summed E-state index contributed by atoms with van der Waals surface area (Å²) >= 11 is 0. The quantitative estimate of drug-likeness (QED) is 0.176. The number of nitrogens with zero attached hydrogens (tertiary/aromatic N) is 4. The summed E-state index contributed by atoms with van der Waals surface area (Å²) in [6.45, 7) is 0. The number of hydrogen-bond donors (Lipinski definition) is 0. The van der Waals surface area contributed by atoms with E-state index in [0.29, 0.717) is 5.95 Å². The summed E-state index contributed by atoms with van der Waals surface area (Å²) in [5.41, 5.74) is 13.2. The van der Waals surface area contributed by atoms with Gasteiger partial charge in [-0.3, -0.25) is 4.57 Å². The van der Waals surface area contributed by atoms with Crippen molar-refractivity contribution in [3.8, 4) is 45.1 Å².